The van der Waals surface area contributed by atoms with E-state index in [1.54, 1.807) is 0 Å². The van der Waals surface area contributed by atoms with Crippen LogP contribution in [0.4, 0.5) is 0 Å². The van der Waals surface area contributed by atoms with Crippen molar-refractivity contribution >= 4 is 0 Å². The molecular weight excluding hydrogens is 286 g/mol. The normalized spacial score (nSPS) is 31.1. The summed E-state index contributed by atoms with van der Waals surface area (Å²) in [6.07, 6.45) is 3.39. The van der Waals surface area contributed by atoms with Crippen LogP contribution in [0.1, 0.15) is 45.6 Å². The standard InChI is InChI=1S/C20H31NO2/c1-15-6-5-7-18(8-15)23-12-17(22)11-21-14-20(4)10-16(21)9-19(2,3)13-20/h5-8,16-17,22H,9-14H2,1-4H3/t16-,17-,20+/m1/s1. The van der Waals surface area contributed by atoms with E-state index >= 15 is 0 Å². The van der Waals surface area contributed by atoms with E-state index in [2.05, 4.69) is 38.7 Å². The second kappa shape index (κ2) is 6.10. The SMILES string of the molecule is Cc1cccc(OC[C@H](O)CN2C[C@@]3(C)C[C@H]2CC(C)(C)C3)c1. The fraction of sp³-hybridized carbons (Fsp3) is 0.700. The molecule has 0 radical (unpaired) electrons. The molecule has 1 heterocycles. The Labute approximate surface area is 140 Å². The first-order chi connectivity index (χ1) is 10.7. The Kier molecular flexibility index (Phi) is 4.45. The van der Waals surface area contributed by atoms with Gasteiger partial charge in [0.1, 0.15) is 18.5 Å². The van der Waals surface area contributed by atoms with Crippen LogP contribution in [0.5, 0.6) is 5.75 Å². The number of ether oxygens (including phenoxy) is 1. The average Bonchev–Trinajstić information content (AvgIpc) is 2.65. The molecular formula is C20H31NO2. The van der Waals surface area contributed by atoms with Gasteiger partial charge in [0.25, 0.3) is 0 Å². The predicted molar refractivity (Wildman–Crippen MR) is 93.8 cm³/mol. The van der Waals surface area contributed by atoms with Crippen LogP contribution >= 0.6 is 0 Å². The van der Waals surface area contributed by atoms with Gasteiger partial charge in [-0.15, -0.1) is 0 Å². The van der Waals surface area contributed by atoms with Gasteiger partial charge in [-0.1, -0.05) is 32.9 Å². The maximum absolute atomic E-state index is 10.4. The maximum Gasteiger partial charge on any atom is 0.119 e. The topological polar surface area (TPSA) is 32.7 Å². The van der Waals surface area contributed by atoms with Crippen LogP contribution < -0.4 is 4.74 Å². The quantitative estimate of drug-likeness (QED) is 0.900. The average molecular weight is 317 g/mol. The molecule has 1 aromatic rings. The largest absolute Gasteiger partial charge is 0.491 e. The molecule has 2 fully saturated rings. The summed E-state index contributed by atoms with van der Waals surface area (Å²) in [7, 11) is 0. The number of aliphatic hydroxyl groups is 1. The smallest absolute Gasteiger partial charge is 0.119 e. The highest BCUT2D eigenvalue weighted by Gasteiger charge is 2.49. The summed E-state index contributed by atoms with van der Waals surface area (Å²) >= 11 is 0. The third-order valence-corrected chi connectivity index (χ3v) is 5.40. The van der Waals surface area contributed by atoms with Crippen LogP contribution in [0.15, 0.2) is 24.3 Å². The van der Waals surface area contributed by atoms with E-state index in [9.17, 15) is 5.11 Å². The number of fused-ring (bicyclic) bond motifs is 2. The Morgan fingerprint density at radius 1 is 1.30 bits per heavy atom. The van der Waals surface area contributed by atoms with Gasteiger partial charge >= 0.3 is 0 Å². The molecule has 3 nitrogen and oxygen atoms in total. The van der Waals surface area contributed by atoms with Crippen LogP contribution in [0, 0.1) is 17.8 Å². The van der Waals surface area contributed by atoms with Crippen LogP contribution in [-0.4, -0.2) is 41.8 Å². The Morgan fingerprint density at radius 3 is 2.83 bits per heavy atom. The van der Waals surface area contributed by atoms with Crippen molar-refractivity contribution in [1.82, 2.24) is 4.90 Å². The van der Waals surface area contributed by atoms with Crippen LogP contribution in [0.3, 0.4) is 0 Å². The van der Waals surface area contributed by atoms with Crippen LogP contribution in [0.25, 0.3) is 0 Å². The van der Waals surface area contributed by atoms with Crippen molar-refractivity contribution in [2.24, 2.45) is 10.8 Å². The molecule has 1 saturated heterocycles. The minimum atomic E-state index is -0.429. The Morgan fingerprint density at radius 2 is 2.09 bits per heavy atom. The third kappa shape index (κ3) is 4.07. The number of rotatable bonds is 5. The summed E-state index contributed by atoms with van der Waals surface area (Å²) in [4.78, 5) is 2.50. The molecule has 2 aliphatic rings. The van der Waals surface area contributed by atoms with Crippen molar-refractivity contribution < 1.29 is 9.84 Å². The van der Waals surface area contributed by atoms with Crippen molar-refractivity contribution in [3.05, 3.63) is 29.8 Å². The predicted octanol–water partition coefficient (Wildman–Crippen LogP) is 3.64. The minimum absolute atomic E-state index is 0.368. The van der Waals surface area contributed by atoms with Gasteiger partial charge in [-0.2, -0.15) is 0 Å². The zero-order valence-corrected chi connectivity index (χ0v) is 15.0. The monoisotopic (exact) mass is 317 g/mol. The number of β-amino-alcohol motifs (C(OH)–C–C–N with tert-alkyl or cyclic N) is 1. The van der Waals surface area contributed by atoms with Crippen molar-refractivity contribution in [3.8, 4) is 5.75 Å². The van der Waals surface area contributed by atoms with Gasteiger partial charge in [0, 0.05) is 19.1 Å². The van der Waals surface area contributed by atoms with Gasteiger partial charge in [-0.25, -0.2) is 0 Å². The van der Waals surface area contributed by atoms with Gasteiger partial charge in [0.15, 0.2) is 0 Å². The first-order valence-corrected chi connectivity index (χ1v) is 8.86. The molecule has 0 spiro atoms. The number of nitrogens with zero attached hydrogens (tertiary/aromatic N) is 1. The Balaban J connectivity index is 1.53. The van der Waals surface area contributed by atoms with Gasteiger partial charge in [0.2, 0.25) is 0 Å². The molecule has 1 N–H and O–H groups in total. The highest BCUT2D eigenvalue weighted by atomic mass is 16.5. The first kappa shape index (κ1) is 16.8. The summed E-state index contributed by atoms with van der Waals surface area (Å²) in [5, 5.41) is 10.4. The van der Waals surface area contributed by atoms with E-state index in [1.807, 2.05) is 18.2 Å². The lowest BCUT2D eigenvalue weighted by atomic mass is 9.65. The molecule has 3 heteroatoms. The van der Waals surface area contributed by atoms with Crippen molar-refractivity contribution in [3.63, 3.8) is 0 Å². The molecule has 23 heavy (non-hydrogen) atoms. The Bertz CT molecular complexity index is 556. The molecule has 3 rings (SSSR count). The zero-order valence-electron chi connectivity index (χ0n) is 15.0. The minimum Gasteiger partial charge on any atom is -0.491 e. The Hall–Kier alpha value is -1.06. The van der Waals surface area contributed by atoms with Gasteiger partial charge < -0.3 is 9.84 Å². The molecule has 2 bridgehead atoms. The fourth-order valence-corrected chi connectivity index (χ4v) is 5.01. The number of hydrogen-bond acceptors (Lipinski definition) is 3. The van der Waals surface area contributed by atoms with Gasteiger partial charge in [-0.3, -0.25) is 4.90 Å². The number of likely N-dealkylation sites (tertiary alicyclic amines) is 1. The van der Waals surface area contributed by atoms with Gasteiger partial charge in [-0.05, 0) is 54.7 Å². The first-order valence-electron chi connectivity index (χ1n) is 8.86. The summed E-state index contributed by atoms with van der Waals surface area (Å²) in [5.74, 6) is 0.845. The summed E-state index contributed by atoms with van der Waals surface area (Å²) in [5.41, 5.74) is 2.03. The van der Waals surface area contributed by atoms with E-state index < -0.39 is 6.10 Å². The van der Waals surface area contributed by atoms with E-state index in [4.69, 9.17) is 4.74 Å². The maximum atomic E-state index is 10.4. The van der Waals surface area contributed by atoms with Crippen LogP contribution in [0.2, 0.25) is 0 Å². The van der Waals surface area contributed by atoms with Crippen molar-refractivity contribution in [2.45, 2.75) is 59.1 Å². The van der Waals surface area contributed by atoms with E-state index in [0.717, 1.165) is 18.8 Å². The highest BCUT2D eigenvalue weighted by Crippen LogP contribution is 2.52. The zero-order chi connectivity index (χ0) is 16.7. The lowest BCUT2D eigenvalue weighted by Crippen LogP contribution is -2.39. The number of aryl methyl sites for hydroxylation is 1. The number of aliphatic hydroxyl groups excluding tert-OH is 1. The van der Waals surface area contributed by atoms with E-state index in [-0.39, 0.29) is 0 Å². The molecule has 1 saturated carbocycles. The van der Waals surface area contributed by atoms with Crippen molar-refractivity contribution in [1.29, 1.82) is 0 Å². The van der Waals surface area contributed by atoms with E-state index in [0.29, 0.717) is 23.5 Å². The summed E-state index contributed by atoms with van der Waals surface area (Å²) in [6.45, 7) is 11.4. The summed E-state index contributed by atoms with van der Waals surface area (Å²) < 4.78 is 5.76. The molecule has 0 amide bonds. The molecule has 0 unspecified atom stereocenters. The lowest BCUT2D eigenvalue weighted by molar-refractivity contribution is 0.0584. The second-order valence-electron chi connectivity index (χ2n) is 8.92. The van der Waals surface area contributed by atoms with Crippen molar-refractivity contribution in [2.75, 3.05) is 19.7 Å². The molecule has 1 aliphatic carbocycles. The molecule has 0 aromatic heterocycles. The molecule has 1 aromatic carbocycles. The summed E-state index contributed by atoms with van der Waals surface area (Å²) in [6, 6.07) is 8.63. The lowest BCUT2D eigenvalue weighted by Gasteiger charge is -2.40. The third-order valence-electron chi connectivity index (χ3n) is 5.40. The van der Waals surface area contributed by atoms with Crippen LogP contribution in [-0.2, 0) is 0 Å². The second-order valence-corrected chi connectivity index (χ2v) is 8.92. The molecule has 3 atom stereocenters. The molecule has 128 valence electrons. The van der Waals surface area contributed by atoms with E-state index in [1.165, 1.54) is 24.8 Å². The highest BCUT2D eigenvalue weighted by molar-refractivity contribution is 5.27. The van der Waals surface area contributed by atoms with Gasteiger partial charge in [0.05, 0.1) is 0 Å². The number of hydrogen-bond donors (Lipinski definition) is 1. The molecule has 1 aliphatic heterocycles. The fourth-order valence-electron chi connectivity index (χ4n) is 5.01. The number of benzene rings is 1.